The summed E-state index contributed by atoms with van der Waals surface area (Å²) >= 11 is 7.21. The van der Waals surface area contributed by atoms with Crippen LogP contribution in [0, 0.1) is 0 Å². The second-order valence-corrected chi connectivity index (χ2v) is 7.40. The van der Waals surface area contributed by atoms with Gasteiger partial charge >= 0.3 is 0 Å². The molecule has 24 heavy (non-hydrogen) atoms. The maximum absolute atomic E-state index is 12.4. The normalized spacial score (nSPS) is 21.8. The molecule has 1 aliphatic rings. The fraction of sp³-hybridized carbons (Fsp3) is 0.211. The molecule has 1 saturated heterocycles. The van der Waals surface area contributed by atoms with Crippen LogP contribution >= 0.6 is 31.9 Å². The van der Waals surface area contributed by atoms with Crippen molar-refractivity contribution in [2.45, 2.75) is 25.1 Å². The van der Waals surface area contributed by atoms with E-state index in [1.54, 1.807) is 4.90 Å². The standard InChI is InChI=1S/C19H17Br2NO2/c20-17(14-9-5-2-6-10-14)18(21)19-15(23)11-16(24)22(19)12-13-7-3-1-4-8-13/h1-10,15,19,23H,11-12H2/b18-17+/t15-,19+/m0/s1. The predicted molar refractivity (Wildman–Crippen MR) is 103 cm³/mol. The van der Waals surface area contributed by atoms with Crippen molar-refractivity contribution in [3.05, 3.63) is 76.3 Å². The summed E-state index contributed by atoms with van der Waals surface area (Å²) in [6, 6.07) is 19.2. The number of likely N-dealkylation sites (tertiary alicyclic amines) is 1. The summed E-state index contributed by atoms with van der Waals surface area (Å²) in [6.07, 6.45) is -0.589. The van der Waals surface area contributed by atoms with E-state index in [-0.39, 0.29) is 12.3 Å². The number of rotatable bonds is 4. The molecule has 5 heteroatoms. The first-order valence-electron chi connectivity index (χ1n) is 7.70. The lowest BCUT2D eigenvalue weighted by atomic mass is 10.1. The molecule has 1 N–H and O–H groups in total. The zero-order valence-corrected chi connectivity index (χ0v) is 16.1. The molecule has 0 aliphatic carbocycles. The summed E-state index contributed by atoms with van der Waals surface area (Å²) in [5.41, 5.74) is 2.04. The monoisotopic (exact) mass is 449 g/mol. The van der Waals surface area contributed by atoms with Crippen molar-refractivity contribution < 1.29 is 9.90 Å². The van der Waals surface area contributed by atoms with Crippen LogP contribution in [-0.4, -0.2) is 28.1 Å². The number of hydrogen-bond acceptors (Lipinski definition) is 2. The van der Waals surface area contributed by atoms with Gasteiger partial charge in [-0.3, -0.25) is 4.79 Å². The average molecular weight is 451 g/mol. The summed E-state index contributed by atoms with van der Waals surface area (Å²) in [4.78, 5) is 14.1. The highest BCUT2D eigenvalue weighted by molar-refractivity contribution is 9.16. The van der Waals surface area contributed by atoms with Crippen LogP contribution in [0.25, 0.3) is 4.48 Å². The van der Waals surface area contributed by atoms with Gasteiger partial charge < -0.3 is 10.0 Å². The Bertz CT molecular complexity index is 746. The van der Waals surface area contributed by atoms with Gasteiger partial charge in [-0.05, 0) is 27.1 Å². The van der Waals surface area contributed by atoms with Crippen molar-refractivity contribution in [3.8, 4) is 0 Å². The van der Waals surface area contributed by atoms with Crippen LogP contribution in [0.15, 0.2) is 65.1 Å². The number of hydrogen-bond donors (Lipinski definition) is 1. The summed E-state index contributed by atoms with van der Waals surface area (Å²) in [5.74, 6) is -0.0401. The third kappa shape index (κ3) is 3.63. The molecule has 3 nitrogen and oxygen atoms in total. The number of carbonyl (C=O) groups is 1. The Hall–Kier alpha value is -1.43. The van der Waals surface area contributed by atoms with Crippen LogP contribution in [0.1, 0.15) is 17.5 Å². The molecule has 0 unspecified atom stereocenters. The highest BCUT2D eigenvalue weighted by Crippen LogP contribution is 2.37. The molecule has 2 aromatic rings. The molecule has 2 atom stereocenters. The molecule has 0 bridgehead atoms. The minimum Gasteiger partial charge on any atom is -0.390 e. The Kier molecular flexibility index (Phi) is 5.54. The molecule has 0 saturated carbocycles. The molecule has 0 spiro atoms. The van der Waals surface area contributed by atoms with Crippen molar-refractivity contribution >= 4 is 42.2 Å². The lowest BCUT2D eigenvalue weighted by molar-refractivity contribution is -0.129. The Morgan fingerprint density at radius 2 is 1.62 bits per heavy atom. The van der Waals surface area contributed by atoms with Crippen molar-refractivity contribution in [3.63, 3.8) is 0 Å². The number of carbonyl (C=O) groups excluding carboxylic acids is 1. The largest absolute Gasteiger partial charge is 0.390 e. The van der Waals surface area contributed by atoms with Crippen LogP contribution in [0.5, 0.6) is 0 Å². The molecule has 2 aromatic carbocycles. The molecule has 1 amide bonds. The van der Waals surface area contributed by atoms with E-state index in [1.165, 1.54) is 0 Å². The minimum absolute atomic E-state index is 0.0401. The Morgan fingerprint density at radius 1 is 1.04 bits per heavy atom. The third-order valence-electron chi connectivity index (χ3n) is 4.10. The first-order chi connectivity index (χ1) is 11.6. The number of amides is 1. The number of nitrogens with zero attached hydrogens (tertiary/aromatic N) is 1. The van der Waals surface area contributed by atoms with Gasteiger partial charge in [0, 0.05) is 15.5 Å². The zero-order chi connectivity index (χ0) is 17.1. The molecule has 0 radical (unpaired) electrons. The van der Waals surface area contributed by atoms with Crippen molar-refractivity contribution in [2.75, 3.05) is 0 Å². The Morgan fingerprint density at radius 3 is 2.25 bits per heavy atom. The molecular weight excluding hydrogens is 434 g/mol. The topological polar surface area (TPSA) is 40.5 Å². The van der Waals surface area contributed by atoms with Crippen LogP contribution in [0.3, 0.4) is 0 Å². The van der Waals surface area contributed by atoms with E-state index in [4.69, 9.17) is 0 Å². The van der Waals surface area contributed by atoms with Crippen molar-refractivity contribution in [1.29, 1.82) is 0 Å². The number of aliphatic hydroxyl groups is 1. The lowest BCUT2D eigenvalue weighted by Gasteiger charge is -2.27. The lowest BCUT2D eigenvalue weighted by Crippen LogP contribution is -2.37. The van der Waals surface area contributed by atoms with E-state index >= 15 is 0 Å². The van der Waals surface area contributed by atoms with Gasteiger partial charge in [-0.1, -0.05) is 76.6 Å². The van der Waals surface area contributed by atoms with Gasteiger partial charge in [0.15, 0.2) is 0 Å². The van der Waals surface area contributed by atoms with Gasteiger partial charge in [-0.2, -0.15) is 0 Å². The minimum atomic E-state index is -0.730. The Labute approximate surface area is 158 Å². The van der Waals surface area contributed by atoms with E-state index in [9.17, 15) is 9.90 Å². The van der Waals surface area contributed by atoms with E-state index < -0.39 is 12.1 Å². The molecular formula is C19H17Br2NO2. The SMILES string of the molecule is O=C1C[C@H](O)[C@H](/C(Br)=C(\Br)c2ccccc2)N1Cc1ccccc1. The van der Waals surface area contributed by atoms with E-state index in [2.05, 4.69) is 31.9 Å². The highest BCUT2D eigenvalue weighted by Gasteiger charge is 2.41. The van der Waals surface area contributed by atoms with Crippen molar-refractivity contribution in [1.82, 2.24) is 4.90 Å². The zero-order valence-electron chi connectivity index (χ0n) is 12.9. The first-order valence-corrected chi connectivity index (χ1v) is 9.28. The van der Waals surface area contributed by atoms with E-state index in [0.29, 0.717) is 6.54 Å². The number of halogens is 2. The van der Waals surface area contributed by atoms with Gasteiger partial charge in [0.2, 0.25) is 5.91 Å². The van der Waals surface area contributed by atoms with Gasteiger partial charge in [0.1, 0.15) is 0 Å². The summed E-state index contributed by atoms with van der Waals surface area (Å²) in [7, 11) is 0. The second kappa shape index (κ2) is 7.64. The highest BCUT2D eigenvalue weighted by atomic mass is 79.9. The fourth-order valence-corrected chi connectivity index (χ4v) is 4.18. The van der Waals surface area contributed by atoms with E-state index in [0.717, 1.165) is 20.1 Å². The third-order valence-corrected chi connectivity index (χ3v) is 6.38. The molecule has 1 aliphatic heterocycles. The first kappa shape index (κ1) is 17.4. The molecule has 0 aromatic heterocycles. The predicted octanol–water partition coefficient (Wildman–Crippen LogP) is 4.31. The summed E-state index contributed by atoms with van der Waals surface area (Å²) in [5, 5.41) is 10.4. The van der Waals surface area contributed by atoms with Crippen LogP contribution < -0.4 is 0 Å². The second-order valence-electron chi connectivity index (χ2n) is 5.75. The van der Waals surface area contributed by atoms with Crippen LogP contribution in [0.2, 0.25) is 0 Å². The van der Waals surface area contributed by atoms with Crippen LogP contribution in [-0.2, 0) is 11.3 Å². The fourth-order valence-electron chi connectivity index (χ4n) is 2.90. The number of benzene rings is 2. The average Bonchev–Trinajstić information content (AvgIpc) is 2.89. The quantitative estimate of drug-likeness (QED) is 0.753. The smallest absolute Gasteiger partial charge is 0.226 e. The van der Waals surface area contributed by atoms with Gasteiger partial charge in [-0.15, -0.1) is 0 Å². The van der Waals surface area contributed by atoms with Crippen LogP contribution in [0.4, 0.5) is 0 Å². The Balaban J connectivity index is 1.92. The van der Waals surface area contributed by atoms with Gasteiger partial charge in [0.25, 0.3) is 0 Å². The molecule has 1 fully saturated rings. The maximum atomic E-state index is 12.4. The molecule has 1 heterocycles. The van der Waals surface area contributed by atoms with Gasteiger partial charge in [0.05, 0.1) is 18.6 Å². The number of aliphatic hydroxyl groups excluding tert-OH is 1. The van der Waals surface area contributed by atoms with Gasteiger partial charge in [-0.25, -0.2) is 0 Å². The summed E-state index contributed by atoms with van der Waals surface area (Å²) < 4.78 is 1.63. The maximum Gasteiger partial charge on any atom is 0.226 e. The molecule has 124 valence electrons. The summed E-state index contributed by atoms with van der Waals surface area (Å²) in [6.45, 7) is 0.478. The van der Waals surface area contributed by atoms with E-state index in [1.807, 2.05) is 60.7 Å². The molecule has 3 rings (SSSR count). The van der Waals surface area contributed by atoms with Crippen molar-refractivity contribution in [2.24, 2.45) is 0 Å².